The van der Waals surface area contributed by atoms with E-state index in [0.29, 0.717) is 29.9 Å². The van der Waals surface area contributed by atoms with E-state index in [1.165, 1.54) is 43.6 Å². The first-order chi connectivity index (χ1) is 22.2. The van der Waals surface area contributed by atoms with Gasteiger partial charge < -0.3 is 14.0 Å². The van der Waals surface area contributed by atoms with Gasteiger partial charge in [0.2, 0.25) is 0 Å². The summed E-state index contributed by atoms with van der Waals surface area (Å²) in [6.45, 7) is 0.202. The van der Waals surface area contributed by atoms with Gasteiger partial charge in [-0.2, -0.15) is 15.5 Å². The lowest BCUT2D eigenvalue weighted by atomic mass is 10.0. The van der Waals surface area contributed by atoms with Crippen LogP contribution in [-0.4, -0.2) is 32.6 Å². The van der Waals surface area contributed by atoms with Gasteiger partial charge in [-0.3, -0.25) is 0 Å². The van der Waals surface area contributed by atoms with Crippen molar-refractivity contribution in [2.45, 2.75) is 38.8 Å². The highest BCUT2D eigenvalue weighted by molar-refractivity contribution is 5.94. The topological polar surface area (TPSA) is 127 Å². The van der Waals surface area contributed by atoms with Crippen molar-refractivity contribution < 1.29 is 27.4 Å². The molecule has 2 aromatic heterocycles. The van der Waals surface area contributed by atoms with Gasteiger partial charge in [-0.25, -0.2) is 27.9 Å². The predicted octanol–water partition coefficient (Wildman–Crippen LogP) is 6.43. The Kier molecular flexibility index (Phi) is 8.12. The number of hydrogen-bond acceptors (Lipinski definition) is 8. The molecule has 12 heteroatoms. The molecule has 230 valence electrons. The average Bonchev–Trinajstić information content (AvgIpc) is 3.73. The molecule has 0 unspecified atom stereocenters. The number of ether oxygens (including phenoxy) is 2. The lowest BCUT2D eigenvalue weighted by molar-refractivity contribution is 0.0600. The van der Waals surface area contributed by atoms with E-state index in [4.69, 9.17) is 14.7 Å². The van der Waals surface area contributed by atoms with Gasteiger partial charge in [0.05, 0.1) is 41.6 Å². The molecule has 5 aromatic rings. The molecule has 2 heterocycles. The molecule has 1 aliphatic carbocycles. The monoisotopic (exact) mass is 622 g/mol. The van der Waals surface area contributed by atoms with Crippen LogP contribution in [0.4, 0.5) is 13.2 Å². The number of halogens is 3. The molecule has 0 N–H and O–H groups in total. The summed E-state index contributed by atoms with van der Waals surface area (Å²) < 4.78 is 57.1. The molecule has 0 aliphatic heterocycles. The number of nitriles is 2. The van der Waals surface area contributed by atoms with E-state index in [2.05, 4.69) is 21.0 Å². The summed E-state index contributed by atoms with van der Waals surface area (Å²) in [6, 6.07) is 16.7. The Bertz CT molecular complexity index is 2080. The quantitative estimate of drug-likeness (QED) is 0.163. The maximum Gasteiger partial charge on any atom is 0.338 e. The summed E-state index contributed by atoms with van der Waals surface area (Å²) >= 11 is 0. The maximum atomic E-state index is 15.5. The van der Waals surface area contributed by atoms with Crippen molar-refractivity contribution in [1.29, 1.82) is 10.5 Å². The number of aromatic nitrogens is 4. The molecule has 9 nitrogen and oxygen atoms in total. The Balaban J connectivity index is 1.27. The van der Waals surface area contributed by atoms with E-state index in [0.717, 1.165) is 25.0 Å². The summed E-state index contributed by atoms with van der Waals surface area (Å²) in [5.74, 6) is -2.10. The third-order valence-corrected chi connectivity index (χ3v) is 8.06. The van der Waals surface area contributed by atoms with Crippen molar-refractivity contribution in [3.63, 3.8) is 0 Å². The van der Waals surface area contributed by atoms with Crippen molar-refractivity contribution in [2.24, 2.45) is 5.41 Å². The largest absolute Gasteiger partial charge is 0.465 e. The summed E-state index contributed by atoms with van der Waals surface area (Å²) in [5, 5.41) is 18.3. The predicted molar refractivity (Wildman–Crippen MR) is 159 cm³/mol. The van der Waals surface area contributed by atoms with Crippen LogP contribution >= 0.6 is 0 Å². The zero-order valence-electron chi connectivity index (χ0n) is 24.6. The molecule has 0 atom stereocenters. The van der Waals surface area contributed by atoms with E-state index in [1.807, 2.05) is 10.6 Å². The van der Waals surface area contributed by atoms with Crippen molar-refractivity contribution in [1.82, 2.24) is 19.5 Å². The zero-order chi connectivity index (χ0) is 32.4. The highest BCUT2D eigenvalue weighted by Gasteiger charge is 2.43. The van der Waals surface area contributed by atoms with Crippen molar-refractivity contribution in [3.8, 4) is 29.4 Å². The summed E-state index contributed by atoms with van der Waals surface area (Å²) in [7, 11) is 1.21. The highest BCUT2D eigenvalue weighted by Crippen LogP contribution is 2.50. The fraction of sp³-hybridized carbons (Fsp3) is 0.235. The van der Waals surface area contributed by atoms with Crippen LogP contribution < -0.4 is 4.74 Å². The summed E-state index contributed by atoms with van der Waals surface area (Å²) in [6.07, 6.45) is 3.52. The molecule has 0 radical (unpaired) electrons. The number of hydrogen-bond donors (Lipinski definition) is 0. The fourth-order valence-corrected chi connectivity index (χ4v) is 5.34. The number of rotatable bonds is 10. The van der Waals surface area contributed by atoms with Crippen LogP contribution in [0, 0.1) is 45.5 Å². The van der Waals surface area contributed by atoms with Gasteiger partial charge in [0.25, 0.3) is 0 Å². The smallest absolute Gasteiger partial charge is 0.338 e. The van der Waals surface area contributed by atoms with Crippen LogP contribution in [0.15, 0.2) is 60.8 Å². The van der Waals surface area contributed by atoms with Crippen LogP contribution in [0.2, 0.25) is 0 Å². The molecule has 46 heavy (non-hydrogen) atoms. The van der Waals surface area contributed by atoms with Gasteiger partial charge >= 0.3 is 12.0 Å². The van der Waals surface area contributed by atoms with Gasteiger partial charge in [0.1, 0.15) is 29.6 Å². The minimum Gasteiger partial charge on any atom is -0.465 e. The Hall–Kier alpha value is -5.75. The van der Waals surface area contributed by atoms with Crippen LogP contribution in [0.5, 0.6) is 6.01 Å². The van der Waals surface area contributed by atoms with Crippen molar-refractivity contribution in [3.05, 3.63) is 106 Å². The normalized spacial score (nSPS) is 13.2. The van der Waals surface area contributed by atoms with Gasteiger partial charge in [0.15, 0.2) is 5.82 Å². The fourth-order valence-electron chi connectivity index (χ4n) is 5.34. The number of carbonyl (C=O) groups excluding carboxylic acids is 1. The summed E-state index contributed by atoms with van der Waals surface area (Å²) in [4.78, 5) is 25.1. The standard InChI is InChI=1S/C34H25F3N6O3/c1-45-32(44)23-15-27(37)31-29(16-23)43(19-34(7-8-34)9-10-38)30(42-31)14-20-3-5-24(26(36)12-20)28-6-11-40-33(41-28)46-18-22-4-2-21(17-39)13-25(22)35/h2-6,11-13,15-16H,7-9,14,18-19H2,1H3. The van der Waals surface area contributed by atoms with Crippen molar-refractivity contribution >= 4 is 17.0 Å². The number of nitrogens with zero attached hydrogens (tertiary/aromatic N) is 6. The minimum absolute atomic E-state index is 0.0379. The second-order valence-corrected chi connectivity index (χ2v) is 11.2. The number of fused-ring (bicyclic) bond motifs is 1. The van der Waals surface area contributed by atoms with Gasteiger partial charge in [-0.1, -0.05) is 12.1 Å². The van der Waals surface area contributed by atoms with Crippen LogP contribution in [0.1, 0.15) is 52.1 Å². The van der Waals surface area contributed by atoms with Gasteiger partial charge in [-0.15, -0.1) is 0 Å². The average molecular weight is 623 g/mol. The highest BCUT2D eigenvalue weighted by atomic mass is 19.1. The second-order valence-electron chi connectivity index (χ2n) is 11.2. The lowest BCUT2D eigenvalue weighted by Gasteiger charge is -2.16. The van der Waals surface area contributed by atoms with Crippen LogP contribution in [0.3, 0.4) is 0 Å². The Morgan fingerprint density at radius 1 is 1.00 bits per heavy atom. The first-order valence-electron chi connectivity index (χ1n) is 14.3. The van der Waals surface area contributed by atoms with E-state index >= 15 is 8.78 Å². The molecule has 3 aromatic carbocycles. The zero-order valence-corrected chi connectivity index (χ0v) is 24.6. The first-order valence-corrected chi connectivity index (χ1v) is 14.3. The molecule has 0 bridgehead atoms. The first kappa shape index (κ1) is 30.3. The van der Waals surface area contributed by atoms with Gasteiger partial charge in [0, 0.05) is 42.1 Å². The number of esters is 1. The third kappa shape index (κ3) is 6.10. The van der Waals surface area contributed by atoms with Gasteiger partial charge in [-0.05, 0) is 60.9 Å². The molecule has 1 aliphatic rings. The lowest BCUT2D eigenvalue weighted by Crippen LogP contribution is -2.14. The molecule has 6 rings (SSSR count). The molecule has 0 amide bonds. The number of imidazole rings is 1. The number of carbonyl (C=O) groups is 1. The van der Waals surface area contributed by atoms with E-state index in [9.17, 15) is 14.4 Å². The molecule has 0 saturated heterocycles. The minimum atomic E-state index is -0.689. The van der Waals surface area contributed by atoms with E-state index in [-0.39, 0.29) is 57.9 Å². The second kappa shape index (κ2) is 12.3. The molecule has 1 fully saturated rings. The van der Waals surface area contributed by atoms with Crippen molar-refractivity contribution in [2.75, 3.05) is 7.11 Å². The summed E-state index contributed by atoms with van der Waals surface area (Å²) in [5.41, 5.74) is 1.59. The Morgan fingerprint density at radius 3 is 2.52 bits per heavy atom. The Labute approximate surface area is 261 Å². The van der Waals surface area contributed by atoms with Crippen LogP contribution in [-0.2, 0) is 24.3 Å². The molecular formula is C34H25F3N6O3. The van der Waals surface area contributed by atoms with E-state index in [1.54, 1.807) is 12.1 Å². The molecule has 1 saturated carbocycles. The molecular weight excluding hydrogens is 597 g/mol. The molecule has 0 spiro atoms. The number of benzene rings is 3. The van der Waals surface area contributed by atoms with Crippen LogP contribution in [0.25, 0.3) is 22.3 Å². The SMILES string of the molecule is COC(=O)c1cc(F)c2nc(Cc3ccc(-c4ccnc(OCc5ccc(C#N)cc5F)n4)c(F)c3)n(CC3(CC#N)CC3)c2c1. The number of methoxy groups -OCH3 is 1. The third-order valence-electron chi connectivity index (χ3n) is 8.06. The van der Waals surface area contributed by atoms with E-state index < -0.39 is 23.4 Å². The maximum absolute atomic E-state index is 15.5. The Morgan fingerprint density at radius 2 is 1.83 bits per heavy atom.